The van der Waals surface area contributed by atoms with Crippen LogP contribution in [-0.4, -0.2) is 17.7 Å². The molecule has 1 atom stereocenters. The molecule has 1 aromatic carbocycles. The number of anilines is 1. The third-order valence-electron chi connectivity index (χ3n) is 4.39. The second kappa shape index (κ2) is 6.94. The molecular formula is C17H26N2O2. The van der Waals surface area contributed by atoms with Gasteiger partial charge in [-0.05, 0) is 42.9 Å². The maximum Gasteiger partial charge on any atom is 0.319 e. The minimum atomic E-state index is -0.487. The molecule has 1 fully saturated rings. The van der Waals surface area contributed by atoms with Crippen LogP contribution in [-0.2, 0) is 0 Å². The van der Waals surface area contributed by atoms with Gasteiger partial charge in [-0.25, -0.2) is 4.79 Å². The molecule has 4 heteroatoms. The minimum absolute atomic E-state index is 0.161. The monoisotopic (exact) mass is 290 g/mol. The largest absolute Gasteiger partial charge is 0.389 e. The summed E-state index contributed by atoms with van der Waals surface area (Å²) in [5.41, 5.74) is 1.83. The molecule has 0 radical (unpaired) electrons. The van der Waals surface area contributed by atoms with Crippen LogP contribution in [0.4, 0.5) is 10.5 Å². The van der Waals surface area contributed by atoms with Crippen LogP contribution in [0.1, 0.15) is 57.6 Å². The maximum atomic E-state index is 11.9. The number of urea groups is 1. The molecule has 1 aliphatic carbocycles. The molecule has 116 valence electrons. The molecule has 1 saturated carbocycles. The van der Waals surface area contributed by atoms with Gasteiger partial charge in [-0.1, -0.05) is 38.3 Å². The standard InChI is InChI=1S/C17H26N2O2/c1-13(20)14-6-8-15(9-7-14)19-16(21)18-12-17(2)10-4-3-5-11-17/h6-9,13,20H,3-5,10-12H2,1-2H3,(H2,18,19,21). The number of carbonyl (C=O) groups is 1. The molecule has 0 saturated heterocycles. The van der Waals surface area contributed by atoms with Crippen molar-refractivity contribution in [3.05, 3.63) is 29.8 Å². The molecule has 0 heterocycles. The molecule has 4 nitrogen and oxygen atoms in total. The summed E-state index contributed by atoms with van der Waals surface area (Å²) >= 11 is 0. The average Bonchev–Trinajstić information content (AvgIpc) is 2.47. The van der Waals surface area contributed by atoms with Gasteiger partial charge in [0.2, 0.25) is 0 Å². The Labute approximate surface area is 126 Å². The Kier molecular flexibility index (Phi) is 5.23. The van der Waals surface area contributed by atoms with Crippen molar-refractivity contribution in [2.75, 3.05) is 11.9 Å². The van der Waals surface area contributed by atoms with E-state index in [4.69, 9.17) is 0 Å². The first-order chi connectivity index (χ1) is 9.98. The highest BCUT2D eigenvalue weighted by molar-refractivity contribution is 5.89. The predicted molar refractivity (Wildman–Crippen MR) is 85.3 cm³/mol. The van der Waals surface area contributed by atoms with Crippen molar-refractivity contribution in [2.45, 2.75) is 52.1 Å². The van der Waals surface area contributed by atoms with Crippen LogP contribution in [0, 0.1) is 5.41 Å². The zero-order valence-corrected chi connectivity index (χ0v) is 13.0. The van der Waals surface area contributed by atoms with Gasteiger partial charge in [0.05, 0.1) is 6.10 Å². The summed E-state index contributed by atoms with van der Waals surface area (Å²) < 4.78 is 0. The molecule has 0 bridgehead atoms. The Morgan fingerprint density at radius 3 is 2.43 bits per heavy atom. The molecule has 2 rings (SSSR count). The fourth-order valence-corrected chi connectivity index (χ4v) is 2.90. The summed E-state index contributed by atoms with van der Waals surface area (Å²) in [6.07, 6.45) is 5.74. The van der Waals surface area contributed by atoms with Crippen molar-refractivity contribution in [3.8, 4) is 0 Å². The summed E-state index contributed by atoms with van der Waals surface area (Å²) in [6.45, 7) is 4.70. The van der Waals surface area contributed by atoms with Gasteiger partial charge in [0.1, 0.15) is 0 Å². The zero-order valence-electron chi connectivity index (χ0n) is 13.0. The number of nitrogens with one attached hydrogen (secondary N) is 2. The second-order valence-electron chi connectivity index (χ2n) is 6.48. The van der Waals surface area contributed by atoms with E-state index in [0.29, 0.717) is 0 Å². The Balaban J connectivity index is 1.81. The molecule has 2 amide bonds. The summed E-state index contributed by atoms with van der Waals surface area (Å²) in [4.78, 5) is 11.9. The Morgan fingerprint density at radius 2 is 1.86 bits per heavy atom. The van der Waals surface area contributed by atoms with Gasteiger partial charge in [0.15, 0.2) is 0 Å². The Bertz CT molecular complexity index is 462. The minimum Gasteiger partial charge on any atom is -0.389 e. The van der Waals surface area contributed by atoms with Crippen molar-refractivity contribution in [1.82, 2.24) is 5.32 Å². The highest BCUT2D eigenvalue weighted by Crippen LogP contribution is 2.34. The highest BCUT2D eigenvalue weighted by Gasteiger charge is 2.26. The van der Waals surface area contributed by atoms with Crippen LogP contribution in [0.5, 0.6) is 0 Å². The number of amides is 2. The van der Waals surface area contributed by atoms with Gasteiger partial charge < -0.3 is 15.7 Å². The predicted octanol–water partition coefficient (Wildman–Crippen LogP) is 3.83. The van der Waals surface area contributed by atoms with Crippen LogP contribution < -0.4 is 10.6 Å². The number of carbonyl (C=O) groups excluding carboxylic acids is 1. The van der Waals surface area contributed by atoms with Gasteiger partial charge in [-0.2, -0.15) is 0 Å². The first kappa shape index (κ1) is 15.8. The number of benzene rings is 1. The first-order valence-corrected chi connectivity index (χ1v) is 7.81. The van der Waals surface area contributed by atoms with E-state index in [2.05, 4.69) is 17.6 Å². The second-order valence-corrected chi connectivity index (χ2v) is 6.48. The molecule has 1 unspecified atom stereocenters. The number of rotatable bonds is 4. The third-order valence-corrected chi connectivity index (χ3v) is 4.39. The molecule has 1 aliphatic rings. The topological polar surface area (TPSA) is 61.4 Å². The van der Waals surface area contributed by atoms with Crippen molar-refractivity contribution in [3.63, 3.8) is 0 Å². The van der Waals surface area contributed by atoms with Crippen LogP contribution in [0.3, 0.4) is 0 Å². The lowest BCUT2D eigenvalue weighted by atomic mass is 9.76. The summed E-state index contributed by atoms with van der Waals surface area (Å²) in [6, 6.07) is 7.10. The van der Waals surface area contributed by atoms with Crippen LogP contribution in [0.15, 0.2) is 24.3 Å². The van der Waals surface area contributed by atoms with E-state index in [9.17, 15) is 9.90 Å². The quantitative estimate of drug-likeness (QED) is 0.789. The average molecular weight is 290 g/mol. The number of aliphatic hydroxyl groups excluding tert-OH is 1. The SMILES string of the molecule is CC(O)c1ccc(NC(=O)NCC2(C)CCCCC2)cc1. The van der Waals surface area contributed by atoms with Crippen molar-refractivity contribution < 1.29 is 9.90 Å². The third kappa shape index (κ3) is 4.74. The van der Waals surface area contributed by atoms with Gasteiger partial charge in [-0.3, -0.25) is 0 Å². The van der Waals surface area contributed by atoms with E-state index in [0.717, 1.165) is 17.8 Å². The molecule has 0 spiro atoms. The van der Waals surface area contributed by atoms with Crippen molar-refractivity contribution >= 4 is 11.7 Å². The fourth-order valence-electron chi connectivity index (χ4n) is 2.90. The number of hydrogen-bond donors (Lipinski definition) is 3. The normalized spacial score (nSPS) is 18.8. The summed E-state index contributed by atoms with van der Waals surface area (Å²) in [7, 11) is 0. The van der Waals surface area contributed by atoms with Crippen LogP contribution >= 0.6 is 0 Å². The van der Waals surface area contributed by atoms with E-state index in [1.165, 1.54) is 32.1 Å². The lowest BCUT2D eigenvalue weighted by Gasteiger charge is -2.33. The first-order valence-electron chi connectivity index (χ1n) is 7.81. The van der Waals surface area contributed by atoms with E-state index in [1.807, 2.05) is 24.3 Å². The smallest absolute Gasteiger partial charge is 0.319 e. The molecule has 3 N–H and O–H groups in total. The van der Waals surface area contributed by atoms with Gasteiger partial charge >= 0.3 is 6.03 Å². The van der Waals surface area contributed by atoms with E-state index in [-0.39, 0.29) is 11.4 Å². The van der Waals surface area contributed by atoms with E-state index >= 15 is 0 Å². The number of hydrogen-bond acceptors (Lipinski definition) is 2. The Morgan fingerprint density at radius 1 is 1.24 bits per heavy atom. The molecule has 21 heavy (non-hydrogen) atoms. The molecular weight excluding hydrogens is 264 g/mol. The summed E-state index contributed by atoms with van der Waals surface area (Å²) in [5, 5.41) is 15.3. The van der Waals surface area contributed by atoms with Crippen LogP contribution in [0.2, 0.25) is 0 Å². The molecule has 0 aliphatic heterocycles. The maximum absolute atomic E-state index is 11.9. The van der Waals surface area contributed by atoms with Crippen molar-refractivity contribution in [2.24, 2.45) is 5.41 Å². The molecule has 1 aromatic rings. The lowest BCUT2D eigenvalue weighted by molar-refractivity contribution is 0.199. The number of aliphatic hydroxyl groups is 1. The Hall–Kier alpha value is -1.55. The fraction of sp³-hybridized carbons (Fsp3) is 0.588. The van der Waals surface area contributed by atoms with Crippen LogP contribution in [0.25, 0.3) is 0 Å². The molecule has 0 aromatic heterocycles. The summed E-state index contributed by atoms with van der Waals surface area (Å²) in [5.74, 6) is 0. The van der Waals surface area contributed by atoms with Crippen molar-refractivity contribution in [1.29, 1.82) is 0 Å². The lowest BCUT2D eigenvalue weighted by Crippen LogP contribution is -2.39. The highest BCUT2D eigenvalue weighted by atomic mass is 16.3. The van der Waals surface area contributed by atoms with Gasteiger partial charge in [-0.15, -0.1) is 0 Å². The van der Waals surface area contributed by atoms with E-state index in [1.54, 1.807) is 6.92 Å². The van der Waals surface area contributed by atoms with E-state index < -0.39 is 6.10 Å². The van der Waals surface area contributed by atoms with Gasteiger partial charge in [0.25, 0.3) is 0 Å². The zero-order chi connectivity index (χ0) is 15.3. The van der Waals surface area contributed by atoms with Gasteiger partial charge in [0, 0.05) is 12.2 Å².